The summed E-state index contributed by atoms with van der Waals surface area (Å²) in [5.41, 5.74) is 2.41. The summed E-state index contributed by atoms with van der Waals surface area (Å²) in [6.07, 6.45) is 0.666. The van der Waals surface area contributed by atoms with Crippen molar-refractivity contribution in [2.45, 2.75) is 52.6 Å². The average molecular weight is 292 g/mol. The molecule has 1 aromatic rings. The molecule has 1 heterocycles. The standard InChI is InChI=1S/C17H28N2O2/c1-12(2)20-17-8-15(9-18-5)6-7-16(17)19-10-13(3)21-14(4)11-19/h6-8,12-14,18H,9-11H2,1-5H3. The maximum absolute atomic E-state index is 6.05. The summed E-state index contributed by atoms with van der Waals surface area (Å²) >= 11 is 0. The summed E-state index contributed by atoms with van der Waals surface area (Å²) in [4.78, 5) is 2.37. The minimum Gasteiger partial charge on any atom is -0.489 e. The van der Waals surface area contributed by atoms with Crippen LogP contribution in [0.4, 0.5) is 5.69 Å². The second-order valence-corrected chi connectivity index (χ2v) is 6.16. The first-order valence-electron chi connectivity index (χ1n) is 7.84. The number of nitrogens with one attached hydrogen (secondary N) is 1. The lowest BCUT2D eigenvalue weighted by Crippen LogP contribution is -2.45. The van der Waals surface area contributed by atoms with E-state index in [1.54, 1.807) is 0 Å². The molecule has 0 saturated carbocycles. The second kappa shape index (κ2) is 7.14. The van der Waals surface area contributed by atoms with E-state index in [2.05, 4.69) is 56.1 Å². The molecule has 21 heavy (non-hydrogen) atoms. The van der Waals surface area contributed by atoms with Crippen LogP contribution in [0.2, 0.25) is 0 Å². The Bertz CT molecular complexity index is 452. The van der Waals surface area contributed by atoms with Crippen LogP contribution in [0, 0.1) is 0 Å². The lowest BCUT2D eigenvalue weighted by Gasteiger charge is -2.37. The summed E-state index contributed by atoms with van der Waals surface area (Å²) < 4.78 is 11.9. The zero-order valence-electron chi connectivity index (χ0n) is 13.8. The molecule has 1 fully saturated rings. The zero-order valence-corrected chi connectivity index (χ0v) is 13.8. The molecule has 1 aromatic carbocycles. The van der Waals surface area contributed by atoms with Gasteiger partial charge in [0.15, 0.2) is 0 Å². The van der Waals surface area contributed by atoms with Crippen molar-refractivity contribution in [2.24, 2.45) is 0 Å². The molecule has 2 unspecified atom stereocenters. The Labute approximate surface area is 128 Å². The van der Waals surface area contributed by atoms with Gasteiger partial charge in [0.05, 0.1) is 24.0 Å². The van der Waals surface area contributed by atoms with Gasteiger partial charge in [0.2, 0.25) is 0 Å². The minimum atomic E-state index is 0.171. The van der Waals surface area contributed by atoms with Crippen molar-refractivity contribution in [3.63, 3.8) is 0 Å². The van der Waals surface area contributed by atoms with Crippen LogP contribution in [0.5, 0.6) is 5.75 Å². The molecule has 1 saturated heterocycles. The normalized spacial score (nSPS) is 22.7. The average Bonchev–Trinajstić information content (AvgIpc) is 2.37. The fourth-order valence-corrected chi connectivity index (χ4v) is 2.86. The molecule has 0 amide bonds. The zero-order chi connectivity index (χ0) is 15.4. The molecule has 0 aliphatic carbocycles. The number of benzene rings is 1. The van der Waals surface area contributed by atoms with Gasteiger partial charge in [0, 0.05) is 19.6 Å². The Kier molecular flexibility index (Phi) is 5.48. The molecule has 1 aliphatic rings. The van der Waals surface area contributed by atoms with Gasteiger partial charge in [-0.3, -0.25) is 0 Å². The van der Waals surface area contributed by atoms with Crippen molar-refractivity contribution in [2.75, 3.05) is 25.0 Å². The van der Waals surface area contributed by atoms with Gasteiger partial charge in [-0.1, -0.05) is 6.07 Å². The summed E-state index contributed by atoms with van der Waals surface area (Å²) in [5, 5.41) is 3.19. The monoisotopic (exact) mass is 292 g/mol. The summed E-state index contributed by atoms with van der Waals surface area (Å²) in [7, 11) is 1.96. The number of hydrogen-bond donors (Lipinski definition) is 1. The van der Waals surface area contributed by atoms with E-state index in [0.717, 1.165) is 25.4 Å². The predicted octanol–water partition coefficient (Wildman–Crippen LogP) is 2.81. The van der Waals surface area contributed by atoms with E-state index in [1.807, 2.05) is 7.05 Å². The molecule has 0 radical (unpaired) electrons. The smallest absolute Gasteiger partial charge is 0.143 e. The first-order chi connectivity index (χ1) is 9.99. The van der Waals surface area contributed by atoms with Gasteiger partial charge in [-0.2, -0.15) is 0 Å². The van der Waals surface area contributed by atoms with E-state index < -0.39 is 0 Å². The van der Waals surface area contributed by atoms with E-state index >= 15 is 0 Å². The van der Waals surface area contributed by atoms with Crippen LogP contribution in [0.25, 0.3) is 0 Å². The number of ether oxygens (including phenoxy) is 2. The number of nitrogens with zero attached hydrogens (tertiary/aromatic N) is 1. The lowest BCUT2D eigenvalue weighted by atomic mass is 10.1. The van der Waals surface area contributed by atoms with Crippen LogP contribution in [0.15, 0.2) is 18.2 Å². The third kappa shape index (κ3) is 4.35. The molecule has 2 atom stereocenters. The third-order valence-electron chi connectivity index (χ3n) is 3.53. The van der Waals surface area contributed by atoms with Crippen LogP contribution in [-0.2, 0) is 11.3 Å². The molecular weight excluding hydrogens is 264 g/mol. The van der Waals surface area contributed by atoms with Crippen LogP contribution >= 0.6 is 0 Å². The highest BCUT2D eigenvalue weighted by Gasteiger charge is 2.24. The van der Waals surface area contributed by atoms with Crippen molar-refractivity contribution in [1.82, 2.24) is 5.32 Å². The summed E-state index contributed by atoms with van der Waals surface area (Å²) in [5.74, 6) is 0.971. The Morgan fingerprint density at radius 1 is 1.29 bits per heavy atom. The predicted molar refractivity (Wildman–Crippen MR) is 87.2 cm³/mol. The molecule has 1 aliphatic heterocycles. The fraction of sp³-hybridized carbons (Fsp3) is 0.647. The summed E-state index contributed by atoms with van der Waals surface area (Å²) in [6.45, 7) is 11.1. The molecule has 4 nitrogen and oxygen atoms in total. The topological polar surface area (TPSA) is 33.7 Å². The minimum absolute atomic E-state index is 0.171. The molecule has 4 heteroatoms. The molecule has 1 N–H and O–H groups in total. The van der Waals surface area contributed by atoms with Gasteiger partial charge in [0.25, 0.3) is 0 Å². The quantitative estimate of drug-likeness (QED) is 0.905. The van der Waals surface area contributed by atoms with Crippen LogP contribution in [0.1, 0.15) is 33.3 Å². The van der Waals surface area contributed by atoms with Crippen molar-refractivity contribution in [1.29, 1.82) is 0 Å². The Morgan fingerprint density at radius 2 is 1.95 bits per heavy atom. The van der Waals surface area contributed by atoms with Crippen LogP contribution < -0.4 is 15.0 Å². The number of morpholine rings is 1. The Hall–Kier alpha value is -1.26. The van der Waals surface area contributed by atoms with Crippen LogP contribution in [-0.4, -0.2) is 38.4 Å². The Morgan fingerprint density at radius 3 is 2.52 bits per heavy atom. The summed E-state index contributed by atoms with van der Waals surface area (Å²) in [6, 6.07) is 6.50. The van der Waals surface area contributed by atoms with Crippen molar-refractivity contribution >= 4 is 5.69 Å². The molecule has 2 rings (SSSR count). The van der Waals surface area contributed by atoms with Crippen LogP contribution in [0.3, 0.4) is 0 Å². The van der Waals surface area contributed by atoms with Gasteiger partial charge in [-0.25, -0.2) is 0 Å². The van der Waals surface area contributed by atoms with E-state index in [9.17, 15) is 0 Å². The van der Waals surface area contributed by atoms with Crippen molar-refractivity contribution in [3.05, 3.63) is 23.8 Å². The first-order valence-corrected chi connectivity index (χ1v) is 7.84. The fourth-order valence-electron chi connectivity index (χ4n) is 2.86. The van der Waals surface area contributed by atoms with Gasteiger partial charge >= 0.3 is 0 Å². The first kappa shape index (κ1) is 16.1. The lowest BCUT2D eigenvalue weighted by molar-refractivity contribution is -0.00538. The highest BCUT2D eigenvalue weighted by Crippen LogP contribution is 2.32. The highest BCUT2D eigenvalue weighted by atomic mass is 16.5. The molecule has 118 valence electrons. The van der Waals surface area contributed by atoms with Gasteiger partial charge in [-0.15, -0.1) is 0 Å². The second-order valence-electron chi connectivity index (χ2n) is 6.16. The SMILES string of the molecule is CNCc1ccc(N2CC(C)OC(C)C2)c(OC(C)C)c1. The maximum atomic E-state index is 6.05. The van der Waals surface area contributed by atoms with E-state index in [-0.39, 0.29) is 18.3 Å². The van der Waals surface area contributed by atoms with E-state index in [1.165, 1.54) is 11.3 Å². The van der Waals surface area contributed by atoms with E-state index in [0.29, 0.717) is 0 Å². The Balaban J connectivity index is 2.27. The van der Waals surface area contributed by atoms with Crippen molar-refractivity contribution in [3.8, 4) is 5.75 Å². The third-order valence-corrected chi connectivity index (χ3v) is 3.53. The number of rotatable bonds is 5. The highest BCUT2D eigenvalue weighted by molar-refractivity contribution is 5.60. The number of hydrogen-bond acceptors (Lipinski definition) is 4. The molecule has 0 bridgehead atoms. The molecule has 0 aromatic heterocycles. The molecule has 0 spiro atoms. The van der Waals surface area contributed by atoms with Gasteiger partial charge in [0.1, 0.15) is 5.75 Å². The van der Waals surface area contributed by atoms with E-state index in [4.69, 9.17) is 9.47 Å². The molecular formula is C17H28N2O2. The van der Waals surface area contributed by atoms with Gasteiger partial charge in [-0.05, 0) is 52.4 Å². The number of anilines is 1. The van der Waals surface area contributed by atoms with Gasteiger partial charge < -0.3 is 19.7 Å². The maximum Gasteiger partial charge on any atom is 0.143 e. The largest absolute Gasteiger partial charge is 0.489 e. The van der Waals surface area contributed by atoms with Crippen molar-refractivity contribution < 1.29 is 9.47 Å².